The van der Waals surface area contributed by atoms with Crippen molar-refractivity contribution in [1.29, 1.82) is 0 Å². The fraction of sp³-hybridized carbons (Fsp3) is 0.500. The minimum atomic E-state index is -0.329. The van der Waals surface area contributed by atoms with Gasteiger partial charge in [-0.1, -0.05) is 22.0 Å². The van der Waals surface area contributed by atoms with Gasteiger partial charge >= 0.3 is 5.97 Å². The van der Waals surface area contributed by atoms with E-state index in [0.29, 0.717) is 6.61 Å². The third-order valence-corrected chi connectivity index (χ3v) is 3.74. The lowest BCUT2D eigenvalue weighted by molar-refractivity contribution is -0.142. The maximum Gasteiger partial charge on any atom is 0.322 e. The zero-order chi connectivity index (χ0) is 13.8. The highest BCUT2D eigenvalue weighted by Crippen LogP contribution is 2.33. The monoisotopic (exact) mass is 327 g/mol. The van der Waals surface area contributed by atoms with E-state index >= 15 is 0 Å². The van der Waals surface area contributed by atoms with Crippen molar-refractivity contribution in [3.8, 4) is 5.75 Å². The van der Waals surface area contributed by atoms with E-state index in [2.05, 4.69) is 21.2 Å². The van der Waals surface area contributed by atoms with Crippen LogP contribution in [0.1, 0.15) is 31.4 Å². The normalized spacial score (nSPS) is 19.8. The molecule has 0 spiro atoms. The molecule has 1 heterocycles. The zero-order valence-corrected chi connectivity index (χ0v) is 12.7. The molecule has 1 aromatic carbocycles. The number of esters is 1. The second kappa shape index (κ2) is 6.39. The molecule has 2 atom stereocenters. The fourth-order valence-electron chi connectivity index (χ4n) is 2.27. The summed E-state index contributed by atoms with van der Waals surface area (Å²) in [5, 5.41) is 3.32. The molecule has 0 aromatic heterocycles. The van der Waals surface area contributed by atoms with Crippen LogP contribution in [-0.4, -0.2) is 25.7 Å². The predicted octanol–water partition coefficient (Wildman–Crippen LogP) is 2.81. The average molecular weight is 328 g/mol. The Balaban J connectivity index is 2.20. The van der Waals surface area contributed by atoms with Gasteiger partial charge in [0.25, 0.3) is 0 Å². The molecule has 0 radical (unpaired) electrons. The first-order valence-corrected chi connectivity index (χ1v) is 7.17. The number of carbonyl (C=O) groups is 1. The summed E-state index contributed by atoms with van der Waals surface area (Å²) in [4.78, 5) is 11.5. The quantitative estimate of drug-likeness (QED) is 0.867. The zero-order valence-electron chi connectivity index (χ0n) is 11.1. The number of ether oxygens (including phenoxy) is 2. The number of nitrogens with one attached hydrogen (secondary N) is 1. The molecule has 2 rings (SSSR count). The number of benzene rings is 1. The lowest BCUT2D eigenvalue weighted by atomic mass is 10.0. The molecule has 19 heavy (non-hydrogen) atoms. The van der Waals surface area contributed by atoms with Crippen molar-refractivity contribution in [1.82, 2.24) is 5.32 Å². The smallest absolute Gasteiger partial charge is 0.322 e. The molecular formula is C14H18BrNO3. The summed E-state index contributed by atoms with van der Waals surface area (Å²) in [5.41, 5.74) is 1.09. The van der Waals surface area contributed by atoms with Gasteiger partial charge in [-0.3, -0.25) is 10.1 Å². The van der Waals surface area contributed by atoms with E-state index in [1.807, 2.05) is 25.1 Å². The van der Waals surface area contributed by atoms with Gasteiger partial charge in [0.15, 0.2) is 0 Å². The molecule has 1 aliphatic rings. The first kappa shape index (κ1) is 14.3. The first-order chi connectivity index (χ1) is 9.11. The molecule has 0 fully saturated rings. The van der Waals surface area contributed by atoms with Crippen molar-refractivity contribution in [2.45, 2.75) is 31.8 Å². The Labute approximate surface area is 121 Å². The number of hydrogen-bond donors (Lipinski definition) is 1. The standard InChI is InChI=1S/C14H18BrNO3/c1-9(14(17)18-2)16-12-4-3-7-19-13-8-10(15)5-6-11(12)13/h5-6,8-9,12,16H,3-4,7H2,1-2H3. The molecule has 5 heteroatoms. The summed E-state index contributed by atoms with van der Waals surface area (Å²) in [6.07, 6.45) is 1.90. The number of halogens is 1. The number of fused-ring (bicyclic) bond motifs is 1. The van der Waals surface area contributed by atoms with Crippen molar-refractivity contribution in [3.63, 3.8) is 0 Å². The Morgan fingerprint density at radius 1 is 1.58 bits per heavy atom. The van der Waals surface area contributed by atoms with Crippen molar-refractivity contribution in [2.24, 2.45) is 0 Å². The molecule has 2 unspecified atom stereocenters. The Kier molecular flexibility index (Phi) is 4.82. The summed E-state index contributed by atoms with van der Waals surface area (Å²) in [5.74, 6) is 0.630. The van der Waals surface area contributed by atoms with Crippen LogP contribution in [0.4, 0.5) is 0 Å². The van der Waals surface area contributed by atoms with Crippen LogP contribution in [-0.2, 0) is 9.53 Å². The third-order valence-electron chi connectivity index (χ3n) is 3.25. The molecule has 1 aromatic rings. The van der Waals surface area contributed by atoms with Gasteiger partial charge in [0.2, 0.25) is 0 Å². The van der Waals surface area contributed by atoms with Gasteiger partial charge in [-0.25, -0.2) is 0 Å². The maximum atomic E-state index is 11.5. The molecule has 0 saturated carbocycles. The molecule has 4 nitrogen and oxygen atoms in total. The summed E-state index contributed by atoms with van der Waals surface area (Å²) in [7, 11) is 1.40. The molecule has 1 aliphatic heterocycles. The number of carbonyl (C=O) groups excluding carboxylic acids is 1. The lowest BCUT2D eigenvalue weighted by Crippen LogP contribution is -2.37. The van der Waals surface area contributed by atoms with Crippen molar-refractivity contribution in [2.75, 3.05) is 13.7 Å². The molecule has 104 valence electrons. The van der Waals surface area contributed by atoms with Gasteiger partial charge in [-0.05, 0) is 31.9 Å². The van der Waals surface area contributed by atoms with E-state index in [4.69, 9.17) is 9.47 Å². The summed E-state index contributed by atoms with van der Waals surface area (Å²) < 4.78 is 11.5. The SMILES string of the molecule is COC(=O)C(C)NC1CCCOc2cc(Br)ccc21. The van der Waals surface area contributed by atoms with Gasteiger partial charge in [0.05, 0.1) is 13.7 Å². The van der Waals surface area contributed by atoms with Crippen molar-refractivity contribution >= 4 is 21.9 Å². The van der Waals surface area contributed by atoms with Crippen LogP contribution in [0.2, 0.25) is 0 Å². The van der Waals surface area contributed by atoms with Gasteiger partial charge in [-0.2, -0.15) is 0 Å². The Morgan fingerprint density at radius 2 is 2.37 bits per heavy atom. The number of methoxy groups -OCH3 is 1. The minimum absolute atomic E-state index is 0.111. The highest BCUT2D eigenvalue weighted by atomic mass is 79.9. The summed E-state index contributed by atoms with van der Waals surface area (Å²) in [6.45, 7) is 2.52. The maximum absolute atomic E-state index is 11.5. The molecule has 0 aliphatic carbocycles. The first-order valence-electron chi connectivity index (χ1n) is 6.38. The largest absolute Gasteiger partial charge is 0.493 e. The molecule has 0 saturated heterocycles. The topological polar surface area (TPSA) is 47.6 Å². The Hall–Kier alpha value is -1.07. The van der Waals surface area contributed by atoms with E-state index in [-0.39, 0.29) is 18.1 Å². The number of hydrogen-bond acceptors (Lipinski definition) is 4. The second-order valence-electron chi connectivity index (χ2n) is 4.64. The molecule has 0 bridgehead atoms. The van der Waals surface area contributed by atoms with Crippen LogP contribution in [0.3, 0.4) is 0 Å². The van der Waals surface area contributed by atoms with Crippen LogP contribution in [0.25, 0.3) is 0 Å². The highest BCUT2D eigenvalue weighted by Gasteiger charge is 2.24. The van der Waals surface area contributed by atoms with Crippen LogP contribution in [0, 0.1) is 0 Å². The Bertz CT molecular complexity index is 464. The van der Waals surface area contributed by atoms with Crippen LogP contribution >= 0.6 is 15.9 Å². The molecular weight excluding hydrogens is 310 g/mol. The lowest BCUT2D eigenvalue weighted by Gasteiger charge is -2.21. The van der Waals surface area contributed by atoms with E-state index in [1.54, 1.807) is 0 Å². The van der Waals surface area contributed by atoms with Crippen LogP contribution < -0.4 is 10.1 Å². The highest BCUT2D eigenvalue weighted by molar-refractivity contribution is 9.10. The Morgan fingerprint density at radius 3 is 3.11 bits per heavy atom. The van der Waals surface area contributed by atoms with Gasteiger partial charge in [-0.15, -0.1) is 0 Å². The van der Waals surface area contributed by atoms with E-state index < -0.39 is 0 Å². The van der Waals surface area contributed by atoms with Crippen LogP contribution in [0.5, 0.6) is 5.75 Å². The van der Waals surface area contributed by atoms with E-state index in [1.165, 1.54) is 7.11 Å². The second-order valence-corrected chi connectivity index (χ2v) is 5.55. The van der Waals surface area contributed by atoms with E-state index in [0.717, 1.165) is 28.6 Å². The number of rotatable bonds is 3. The third kappa shape index (κ3) is 3.48. The van der Waals surface area contributed by atoms with Gasteiger partial charge in [0.1, 0.15) is 11.8 Å². The van der Waals surface area contributed by atoms with Gasteiger partial charge < -0.3 is 9.47 Å². The van der Waals surface area contributed by atoms with E-state index in [9.17, 15) is 4.79 Å². The van der Waals surface area contributed by atoms with Crippen molar-refractivity contribution < 1.29 is 14.3 Å². The minimum Gasteiger partial charge on any atom is -0.493 e. The van der Waals surface area contributed by atoms with Crippen LogP contribution in [0.15, 0.2) is 22.7 Å². The molecule has 0 amide bonds. The summed E-state index contributed by atoms with van der Waals surface area (Å²) in [6, 6.07) is 5.78. The predicted molar refractivity (Wildman–Crippen MR) is 76.2 cm³/mol. The molecule has 1 N–H and O–H groups in total. The van der Waals surface area contributed by atoms with Crippen molar-refractivity contribution in [3.05, 3.63) is 28.2 Å². The summed E-state index contributed by atoms with van der Waals surface area (Å²) >= 11 is 3.45. The fourth-order valence-corrected chi connectivity index (χ4v) is 2.61. The average Bonchev–Trinajstić information content (AvgIpc) is 2.59. The van der Waals surface area contributed by atoms with Gasteiger partial charge in [0, 0.05) is 16.1 Å².